The Hall–Kier alpha value is -6.04. The molecule has 73 heavy (non-hydrogen) atoms. The van der Waals surface area contributed by atoms with E-state index in [4.69, 9.17) is 0 Å². The van der Waals surface area contributed by atoms with Gasteiger partial charge in [0.15, 0.2) is 0 Å². The Morgan fingerprint density at radius 1 is 0.452 bits per heavy atom. The van der Waals surface area contributed by atoms with E-state index in [1.54, 1.807) is 22.3 Å². The molecule has 7 aromatic carbocycles. The molecule has 0 atom stereocenters. The van der Waals surface area contributed by atoms with Gasteiger partial charge in [0.2, 0.25) is 0 Å². The minimum atomic E-state index is -0.0362. The summed E-state index contributed by atoms with van der Waals surface area (Å²) >= 11 is 2.00. The number of hydrogen-bond acceptors (Lipinski definition) is 4. The standard InChI is InChI=1S/C68H74BN3S/c1-65(2,3)44-26-32-49(33-27-44)71-57-36-30-47(68(10,11)12)40-56(57)69-62-59(71)41-51(70(48-21-14-13-15-22-48)58-38-43-20-16-17-23-52(43)53-24-18-19-25-54(53)58)42-60(62)72(50-34-28-45(29-35-50)66(4,5)6)63-55-39-46(67(7,8)9)31-37-61(55)73-64(63)69/h13-15,21-22,26-42H,16-20,23-25H2,1-12H3. The number of fused-ring (bicyclic) bond motifs is 9. The van der Waals surface area contributed by atoms with E-state index >= 15 is 0 Å². The zero-order chi connectivity index (χ0) is 50.9. The second-order valence-electron chi connectivity index (χ2n) is 26.0. The Morgan fingerprint density at radius 2 is 0.973 bits per heavy atom. The molecular weight excluding hydrogens is 902 g/mol. The van der Waals surface area contributed by atoms with E-state index in [-0.39, 0.29) is 28.4 Å². The first kappa shape index (κ1) is 47.9. The molecule has 4 aliphatic rings. The lowest BCUT2D eigenvalue weighted by Gasteiger charge is -2.44. The predicted molar refractivity (Wildman–Crippen MR) is 319 cm³/mol. The maximum Gasteiger partial charge on any atom is 0.264 e. The van der Waals surface area contributed by atoms with Gasteiger partial charge >= 0.3 is 0 Å². The topological polar surface area (TPSA) is 9.72 Å². The summed E-state index contributed by atoms with van der Waals surface area (Å²) in [7, 11) is 0. The molecule has 3 heterocycles. The van der Waals surface area contributed by atoms with Crippen LogP contribution < -0.4 is 30.4 Å². The van der Waals surface area contributed by atoms with Crippen LogP contribution in [0.5, 0.6) is 0 Å². The summed E-state index contributed by atoms with van der Waals surface area (Å²) < 4.78 is 2.75. The Kier molecular flexibility index (Phi) is 11.3. The highest BCUT2D eigenvalue weighted by Gasteiger charge is 2.47. The fraction of sp³-hybridized carbons (Fsp3) is 0.353. The zero-order valence-corrected chi connectivity index (χ0v) is 46.5. The smallest absolute Gasteiger partial charge is 0.264 e. The molecule has 5 heteroatoms. The third-order valence-electron chi connectivity index (χ3n) is 16.8. The van der Waals surface area contributed by atoms with E-state index in [1.165, 1.54) is 138 Å². The molecule has 0 saturated carbocycles. The number of para-hydroxylation sites is 1. The maximum absolute atomic E-state index is 2.69. The second kappa shape index (κ2) is 17.3. The molecule has 1 aromatic heterocycles. The Labute approximate surface area is 441 Å². The normalized spacial score (nSPS) is 15.4. The van der Waals surface area contributed by atoms with Crippen LogP contribution in [0.1, 0.15) is 153 Å². The molecule has 8 aromatic rings. The quantitative estimate of drug-likeness (QED) is 0.159. The van der Waals surface area contributed by atoms with E-state index in [9.17, 15) is 0 Å². The highest BCUT2D eigenvalue weighted by Crippen LogP contribution is 2.53. The molecule has 370 valence electrons. The molecule has 0 bridgehead atoms. The third kappa shape index (κ3) is 8.15. The number of thiophene rings is 1. The van der Waals surface area contributed by atoms with Gasteiger partial charge in [-0.3, -0.25) is 0 Å². The molecule has 0 spiro atoms. The van der Waals surface area contributed by atoms with Gasteiger partial charge in [-0.15, -0.1) is 11.3 Å². The van der Waals surface area contributed by atoms with Gasteiger partial charge in [0.05, 0.1) is 11.4 Å². The fourth-order valence-electron chi connectivity index (χ4n) is 12.7. The van der Waals surface area contributed by atoms with Crippen molar-refractivity contribution in [1.29, 1.82) is 0 Å². The summed E-state index contributed by atoms with van der Waals surface area (Å²) in [4.78, 5) is 8.00. The molecule has 0 amide bonds. The lowest BCUT2D eigenvalue weighted by atomic mass is 9.36. The van der Waals surface area contributed by atoms with Crippen molar-refractivity contribution in [2.75, 3.05) is 14.7 Å². The Balaban J connectivity index is 1.23. The third-order valence-corrected chi connectivity index (χ3v) is 18.1. The number of anilines is 9. The first-order chi connectivity index (χ1) is 34.7. The summed E-state index contributed by atoms with van der Waals surface area (Å²) in [5.41, 5.74) is 25.8. The first-order valence-corrected chi connectivity index (χ1v) is 28.3. The van der Waals surface area contributed by atoms with Crippen molar-refractivity contribution in [3.05, 3.63) is 178 Å². The Morgan fingerprint density at radius 3 is 1.59 bits per heavy atom. The lowest BCUT2D eigenvalue weighted by molar-refractivity contribution is 0.590. The largest absolute Gasteiger partial charge is 0.311 e. The number of rotatable bonds is 5. The van der Waals surface area contributed by atoms with Crippen molar-refractivity contribution in [2.45, 2.75) is 156 Å². The molecule has 0 N–H and O–H groups in total. The molecule has 0 radical (unpaired) electrons. The zero-order valence-electron chi connectivity index (χ0n) is 45.7. The minimum absolute atomic E-state index is 0.0125. The number of nitrogens with zero attached hydrogens (tertiary/aromatic N) is 3. The fourth-order valence-corrected chi connectivity index (χ4v) is 14.0. The van der Waals surface area contributed by atoms with Gasteiger partial charge in [-0.25, -0.2) is 0 Å². The Bertz CT molecular complexity index is 3440. The van der Waals surface area contributed by atoms with Gasteiger partial charge in [0.1, 0.15) is 0 Å². The second-order valence-corrected chi connectivity index (χ2v) is 27.1. The van der Waals surface area contributed by atoms with Crippen LogP contribution in [-0.4, -0.2) is 6.71 Å². The summed E-state index contributed by atoms with van der Waals surface area (Å²) in [6.07, 6.45) is 9.72. The summed E-state index contributed by atoms with van der Waals surface area (Å²) in [6, 6.07) is 53.1. The highest BCUT2D eigenvalue weighted by molar-refractivity contribution is 7.33. The maximum atomic E-state index is 2.69. The molecule has 2 aliphatic carbocycles. The van der Waals surface area contributed by atoms with Crippen LogP contribution in [0.25, 0.3) is 10.1 Å². The van der Waals surface area contributed by atoms with Crippen LogP contribution in [0, 0.1) is 0 Å². The molecule has 0 fully saturated rings. The van der Waals surface area contributed by atoms with Gasteiger partial charge in [0, 0.05) is 54.7 Å². The van der Waals surface area contributed by atoms with Gasteiger partial charge in [-0.05, 0) is 201 Å². The van der Waals surface area contributed by atoms with Crippen LogP contribution in [-0.2, 0) is 47.3 Å². The number of benzene rings is 7. The van der Waals surface area contributed by atoms with E-state index in [2.05, 4.69) is 231 Å². The predicted octanol–water partition coefficient (Wildman–Crippen LogP) is 17.4. The van der Waals surface area contributed by atoms with Crippen LogP contribution >= 0.6 is 11.3 Å². The van der Waals surface area contributed by atoms with Gasteiger partial charge < -0.3 is 14.7 Å². The van der Waals surface area contributed by atoms with Crippen LogP contribution in [0.3, 0.4) is 0 Å². The van der Waals surface area contributed by atoms with Gasteiger partial charge in [-0.2, -0.15) is 0 Å². The average molecular weight is 976 g/mol. The van der Waals surface area contributed by atoms with Crippen LogP contribution in [0.2, 0.25) is 0 Å². The molecule has 0 unspecified atom stereocenters. The number of aryl methyl sites for hydroxylation is 1. The van der Waals surface area contributed by atoms with E-state index in [0.717, 1.165) is 12.8 Å². The summed E-state index contributed by atoms with van der Waals surface area (Å²) in [5.74, 6) is 0. The minimum Gasteiger partial charge on any atom is -0.311 e. The van der Waals surface area contributed by atoms with Crippen LogP contribution in [0.4, 0.5) is 51.2 Å². The van der Waals surface area contributed by atoms with Crippen molar-refractivity contribution in [3.8, 4) is 0 Å². The van der Waals surface area contributed by atoms with Crippen molar-refractivity contribution < 1.29 is 0 Å². The monoisotopic (exact) mass is 976 g/mol. The molecule has 12 rings (SSSR count). The molecular formula is C68H74BN3S. The van der Waals surface area contributed by atoms with E-state index in [1.807, 2.05) is 11.3 Å². The number of hydrogen-bond donors (Lipinski definition) is 0. The van der Waals surface area contributed by atoms with Crippen LogP contribution in [0.15, 0.2) is 133 Å². The summed E-state index contributed by atoms with van der Waals surface area (Å²) in [5, 5.41) is 1.34. The molecule has 3 nitrogen and oxygen atoms in total. The van der Waals surface area contributed by atoms with Gasteiger partial charge in [0.25, 0.3) is 6.71 Å². The van der Waals surface area contributed by atoms with Crippen molar-refractivity contribution >= 4 is 95.0 Å². The van der Waals surface area contributed by atoms with Crippen molar-refractivity contribution in [3.63, 3.8) is 0 Å². The average Bonchev–Trinajstić information content (AvgIpc) is 3.74. The van der Waals surface area contributed by atoms with Gasteiger partial charge in [-0.1, -0.05) is 144 Å². The molecule has 0 saturated heterocycles. The van der Waals surface area contributed by atoms with Crippen molar-refractivity contribution in [1.82, 2.24) is 0 Å². The van der Waals surface area contributed by atoms with Crippen molar-refractivity contribution in [2.24, 2.45) is 0 Å². The van der Waals surface area contributed by atoms with E-state index in [0.29, 0.717) is 0 Å². The highest BCUT2D eigenvalue weighted by atomic mass is 32.1. The lowest BCUT2D eigenvalue weighted by Crippen LogP contribution is -2.60. The summed E-state index contributed by atoms with van der Waals surface area (Å²) in [6.45, 7) is 28.1. The van der Waals surface area contributed by atoms with E-state index < -0.39 is 0 Å². The first-order valence-electron chi connectivity index (χ1n) is 27.5. The molecule has 2 aliphatic heterocycles. The SMILES string of the molecule is CC(C)(C)c1ccc(N2c3ccc(C(C)(C)C)cc3B3c4sc5ccc(C(C)(C)C)cc5c4N(c4ccc(C(C)(C)C)cc4)c4cc(N(c5ccccc5)c5cc6c(c7c5CCCC7)CCCC6)cc2c43)cc1.